The van der Waals surface area contributed by atoms with Gasteiger partial charge in [0, 0.05) is 0 Å². The third-order valence-electron chi connectivity index (χ3n) is 1.36. The van der Waals surface area contributed by atoms with E-state index in [2.05, 4.69) is 0 Å². The molecule has 0 aromatic rings. The highest BCUT2D eigenvalue weighted by Crippen LogP contribution is 2.15. The summed E-state index contributed by atoms with van der Waals surface area (Å²) in [6, 6.07) is 0. The molecular formula is C11H22O. The Morgan fingerprint density at radius 1 is 1.17 bits per heavy atom. The lowest BCUT2D eigenvalue weighted by Crippen LogP contribution is -2.20. The van der Waals surface area contributed by atoms with Gasteiger partial charge < -0.3 is 5.11 Å². The van der Waals surface area contributed by atoms with Crippen molar-refractivity contribution in [2.45, 2.75) is 47.1 Å². The maximum absolute atomic E-state index is 9.49. The SMILES string of the molecule is C/C=C\C(=C/C)C(C)(C)O.CC. The Morgan fingerprint density at radius 2 is 1.58 bits per heavy atom. The summed E-state index contributed by atoms with van der Waals surface area (Å²) in [6.45, 7) is 11.4. The van der Waals surface area contributed by atoms with Crippen LogP contribution in [-0.4, -0.2) is 10.7 Å². The van der Waals surface area contributed by atoms with Crippen LogP contribution in [0.15, 0.2) is 23.8 Å². The van der Waals surface area contributed by atoms with Gasteiger partial charge in [-0.05, 0) is 33.3 Å². The van der Waals surface area contributed by atoms with Crippen LogP contribution in [0.2, 0.25) is 0 Å². The highest BCUT2D eigenvalue weighted by atomic mass is 16.3. The van der Waals surface area contributed by atoms with Crippen LogP contribution in [0.5, 0.6) is 0 Å². The summed E-state index contributed by atoms with van der Waals surface area (Å²) in [7, 11) is 0. The van der Waals surface area contributed by atoms with Gasteiger partial charge in [0.15, 0.2) is 0 Å². The fourth-order valence-corrected chi connectivity index (χ4v) is 0.833. The van der Waals surface area contributed by atoms with E-state index >= 15 is 0 Å². The van der Waals surface area contributed by atoms with Gasteiger partial charge in [-0.3, -0.25) is 0 Å². The molecule has 0 aliphatic rings. The van der Waals surface area contributed by atoms with Crippen molar-refractivity contribution >= 4 is 0 Å². The topological polar surface area (TPSA) is 20.2 Å². The molecule has 1 nitrogen and oxygen atoms in total. The molecule has 0 aromatic carbocycles. The second kappa shape index (κ2) is 7.11. The largest absolute Gasteiger partial charge is 0.386 e. The van der Waals surface area contributed by atoms with Crippen molar-refractivity contribution < 1.29 is 5.11 Å². The van der Waals surface area contributed by atoms with Crippen LogP contribution in [0.4, 0.5) is 0 Å². The van der Waals surface area contributed by atoms with E-state index in [-0.39, 0.29) is 0 Å². The molecule has 12 heavy (non-hydrogen) atoms. The summed E-state index contributed by atoms with van der Waals surface area (Å²) in [6.07, 6.45) is 5.76. The Bertz CT molecular complexity index is 147. The van der Waals surface area contributed by atoms with E-state index in [0.29, 0.717) is 0 Å². The summed E-state index contributed by atoms with van der Waals surface area (Å²) in [5.74, 6) is 0. The molecule has 0 saturated heterocycles. The number of rotatable bonds is 2. The molecule has 0 aliphatic carbocycles. The number of allylic oxidation sites excluding steroid dienone is 2. The van der Waals surface area contributed by atoms with Crippen molar-refractivity contribution in [1.82, 2.24) is 0 Å². The molecule has 1 N–H and O–H groups in total. The minimum atomic E-state index is -0.707. The third kappa shape index (κ3) is 6.17. The van der Waals surface area contributed by atoms with Crippen molar-refractivity contribution in [1.29, 1.82) is 0 Å². The molecule has 0 spiro atoms. The summed E-state index contributed by atoms with van der Waals surface area (Å²) >= 11 is 0. The van der Waals surface area contributed by atoms with Crippen LogP contribution in [0.25, 0.3) is 0 Å². The van der Waals surface area contributed by atoms with Crippen molar-refractivity contribution in [3.05, 3.63) is 23.8 Å². The predicted octanol–water partition coefficient (Wildman–Crippen LogP) is 3.31. The summed E-state index contributed by atoms with van der Waals surface area (Å²) < 4.78 is 0. The first-order valence-electron chi connectivity index (χ1n) is 4.54. The van der Waals surface area contributed by atoms with E-state index in [1.54, 1.807) is 13.8 Å². The van der Waals surface area contributed by atoms with Crippen LogP contribution >= 0.6 is 0 Å². The van der Waals surface area contributed by atoms with Gasteiger partial charge in [-0.2, -0.15) is 0 Å². The zero-order chi connectivity index (χ0) is 10.2. The Morgan fingerprint density at radius 3 is 1.67 bits per heavy atom. The maximum Gasteiger partial charge on any atom is 0.0837 e. The average molecular weight is 170 g/mol. The fraction of sp³-hybridized carbons (Fsp3) is 0.636. The van der Waals surface area contributed by atoms with Gasteiger partial charge in [0.05, 0.1) is 5.60 Å². The van der Waals surface area contributed by atoms with Gasteiger partial charge in [0.2, 0.25) is 0 Å². The Kier molecular flexibility index (Phi) is 8.29. The van der Waals surface area contributed by atoms with Gasteiger partial charge in [-0.25, -0.2) is 0 Å². The van der Waals surface area contributed by atoms with Crippen molar-refractivity contribution in [2.24, 2.45) is 0 Å². The Hall–Kier alpha value is -0.560. The molecule has 0 radical (unpaired) electrons. The van der Waals surface area contributed by atoms with E-state index in [9.17, 15) is 5.11 Å². The lowest BCUT2D eigenvalue weighted by Gasteiger charge is -2.18. The lowest BCUT2D eigenvalue weighted by atomic mass is 9.98. The quantitative estimate of drug-likeness (QED) is 0.630. The van der Waals surface area contributed by atoms with Gasteiger partial charge >= 0.3 is 0 Å². The zero-order valence-electron chi connectivity index (χ0n) is 9.18. The second-order valence-corrected chi connectivity index (χ2v) is 2.80. The van der Waals surface area contributed by atoms with Crippen LogP contribution in [-0.2, 0) is 0 Å². The minimum absolute atomic E-state index is 0.707. The van der Waals surface area contributed by atoms with Crippen molar-refractivity contribution in [2.75, 3.05) is 0 Å². The Labute approximate surface area is 76.8 Å². The monoisotopic (exact) mass is 170 g/mol. The van der Waals surface area contributed by atoms with Crippen LogP contribution in [0, 0.1) is 0 Å². The average Bonchev–Trinajstić information content (AvgIpc) is 2.02. The number of hydrogen-bond donors (Lipinski definition) is 1. The van der Waals surface area contributed by atoms with Crippen LogP contribution < -0.4 is 0 Å². The predicted molar refractivity (Wildman–Crippen MR) is 56.2 cm³/mol. The smallest absolute Gasteiger partial charge is 0.0837 e. The van der Waals surface area contributed by atoms with Gasteiger partial charge in [0.1, 0.15) is 0 Å². The summed E-state index contributed by atoms with van der Waals surface area (Å²) in [4.78, 5) is 0. The van der Waals surface area contributed by atoms with Crippen molar-refractivity contribution in [3.8, 4) is 0 Å². The lowest BCUT2D eigenvalue weighted by molar-refractivity contribution is 0.123. The first kappa shape index (κ1) is 14.0. The minimum Gasteiger partial charge on any atom is -0.386 e. The van der Waals surface area contributed by atoms with Gasteiger partial charge in [-0.15, -0.1) is 0 Å². The van der Waals surface area contributed by atoms with E-state index in [0.717, 1.165) is 5.57 Å². The fourth-order valence-electron chi connectivity index (χ4n) is 0.833. The number of hydrogen-bond acceptors (Lipinski definition) is 1. The number of aliphatic hydroxyl groups is 1. The van der Waals surface area contributed by atoms with Crippen LogP contribution in [0.1, 0.15) is 41.5 Å². The normalized spacial score (nSPS) is 12.8. The molecule has 0 rings (SSSR count). The maximum atomic E-state index is 9.49. The highest BCUT2D eigenvalue weighted by molar-refractivity contribution is 5.25. The van der Waals surface area contributed by atoms with E-state index in [4.69, 9.17) is 0 Å². The molecular weight excluding hydrogens is 148 g/mol. The van der Waals surface area contributed by atoms with Gasteiger partial charge in [0.25, 0.3) is 0 Å². The summed E-state index contributed by atoms with van der Waals surface area (Å²) in [5.41, 5.74) is 0.247. The molecule has 0 amide bonds. The first-order valence-corrected chi connectivity index (χ1v) is 4.54. The van der Waals surface area contributed by atoms with Crippen molar-refractivity contribution in [3.63, 3.8) is 0 Å². The third-order valence-corrected chi connectivity index (χ3v) is 1.36. The second-order valence-electron chi connectivity index (χ2n) is 2.80. The van der Waals surface area contributed by atoms with Gasteiger partial charge in [-0.1, -0.05) is 32.1 Å². The summed E-state index contributed by atoms with van der Waals surface area (Å²) in [5, 5.41) is 9.49. The first-order chi connectivity index (χ1) is 5.52. The van der Waals surface area contributed by atoms with E-state index in [1.807, 2.05) is 45.9 Å². The molecule has 0 saturated carbocycles. The molecule has 72 valence electrons. The Balaban J connectivity index is 0. The zero-order valence-corrected chi connectivity index (χ0v) is 9.18. The highest BCUT2D eigenvalue weighted by Gasteiger charge is 2.14. The standard InChI is InChI=1S/C9H16O.C2H6/c1-5-7-8(6-2)9(3,4)10;1-2/h5-7,10H,1-4H3;1-2H3/b7-5-,8-6+;. The molecule has 0 unspecified atom stereocenters. The molecule has 0 aliphatic heterocycles. The van der Waals surface area contributed by atoms with E-state index < -0.39 is 5.60 Å². The molecule has 0 fully saturated rings. The molecule has 0 atom stereocenters. The van der Waals surface area contributed by atoms with E-state index in [1.165, 1.54) is 0 Å². The molecule has 1 heteroatoms. The molecule has 0 bridgehead atoms. The molecule has 0 heterocycles. The van der Waals surface area contributed by atoms with Crippen LogP contribution in [0.3, 0.4) is 0 Å². The molecule has 0 aromatic heterocycles.